The molecular weight excluding hydrogens is 338 g/mol. The van der Waals surface area contributed by atoms with Gasteiger partial charge in [0, 0.05) is 23.9 Å². The Balaban J connectivity index is 0.00000208. The fourth-order valence-corrected chi connectivity index (χ4v) is 2.21. The van der Waals surface area contributed by atoms with Crippen LogP contribution in [0.25, 0.3) is 0 Å². The van der Waals surface area contributed by atoms with E-state index in [1.807, 2.05) is 6.07 Å². The first-order chi connectivity index (χ1) is 11.1. The smallest absolute Gasteiger partial charge is 0.323 e. The van der Waals surface area contributed by atoms with Crippen LogP contribution in [0, 0.1) is 11.6 Å². The zero-order valence-corrected chi connectivity index (χ0v) is 13.3. The molecule has 5 nitrogen and oxygen atoms in total. The minimum atomic E-state index is -0.835. The van der Waals surface area contributed by atoms with Gasteiger partial charge in [-0.1, -0.05) is 12.1 Å². The SMILES string of the molecule is Cl.O=C(Nc1cccc(C2=NCCN2)c1)Nc1ccc(F)cc1F. The molecule has 0 bridgehead atoms. The van der Waals surface area contributed by atoms with Gasteiger partial charge in [-0.25, -0.2) is 13.6 Å². The third-order valence-electron chi connectivity index (χ3n) is 3.25. The van der Waals surface area contributed by atoms with Crippen molar-refractivity contribution in [3.63, 3.8) is 0 Å². The minimum Gasteiger partial charge on any atom is -0.368 e. The monoisotopic (exact) mass is 352 g/mol. The van der Waals surface area contributed by atoms with Crippen molar-refractivity contribution in [1.82, 2.24) is 5.32 Å². The average molecular weight is 353 g/mol. The summed E-state index contributed by atoms with van der Waals surface area (Å²) in [5.41, 5.74) is 1.30. The van der Waals surface area contributed by atoms with Crippen molar-refractivity contribution in [2.24, 2.45) is 4.99 Å². The molecule has 3 N–H and O–H groups in total. The Labute approximate surface area is 143 Å². The largest absolute Gasteiger partial charge is 0.368 e. The molecule has 1 aliphatic heterocycles. The summed E-state index contributed by atoms with van der Waals surface area (Å²) in [6.45, 7) is 1.51. The van der Waals surface area contributed by atoms with E-state index in [4.69, 9.17) is 0 Å². The number of nitrogens with one attached hydrogen (secondary N) is 3. The van der Waals surface area contributed by atoms with Gasteiger partial charge in [0.05, 0.1) is 12.2 Å². The van der Waals surface area contributed by atoms with Gasteiger partial charge in [0.1, 0.15) is 17.5 Å². The molecule has 1 aliphatic rings. The molecule has 126 valence electrons. The van der Waals surface area contributed by atoms with Crippen LogP contribution in [0.15, 0.2) is 47.5 Å². The Morgan fingerprint density at radius 3 is 2.67 bits per heavy atom. The van der Waals surface area contributed by atoms with Gasteiger partial charge in [0.2, 0.25) is 0 Å². The summed E-state index contributed by atoms with van der Waals surface area (Å²) in [6, 6.07) is 9.46. The molecule has 3 rings (SSSR count). The number of carbonyl (C=O) groups is 1. The number of amidine groups is 1. The fraction of sp³-hybridized carbons (Fsp3) is 0.125. The van der Waals surface area contributed by atoms with Crippen molar-refractivity contribution in [3.05, 3.63) is 59.7 Å². The number of urea groups is 1. The molecule has 0 radical (unpaired) electrons. The summed E-state index contributed by atoms with van der Waals surface area (Å²) in [5, 5.41) is 8.08. The van der Waals surface area contributed by atoms with E-state index in [9.17, 15) is 13.6 Å². The molecule has 1 heterocycles. The van der Waals surface area contributed by atoms with Crippen LogP contribution < -0.4 is 16.0 Å². The maximum Gasteiger partial charge on any atom is 0.323 e. The highest BCUT2D eigenvalue weighted by molar-refractivity contribution is 6.03. The number of anilines is 2. The second-order valence-electron chi connectivity index (χ2n) is 4.94. The van der Waals surface area contributed by atoms with Crippen LogP contribution in [0.1, 0.15) is 5.56 Å². The molecule has 0 saturated carbocycles. The van der Waals surface area contributed by atoms with E-state index >= 15 is 0 Å². The number of carbonyl (C=O) groups excluding carboxylic acids is 1. The van der Waals surface area contributed by atoms with Gasteiger partial charge >= 0.3 is 6.03 Å². The fourth-order valence-electron chi connectivity index (χ4n) is 2.21. The van der Waals surface area contributed by atoms with Gasteiger partial charge in [0.25, 0.3) is 0 Å². The van der Waals surface area contributed by atoms with E-state index in [2.05, 4.69) is 20.9 Å². The molecule has 2 amide bonds. The highest BCUT2D eigenvalue weighted by Crippen LogP contribution is 2.16. The maximum atomic E-state index is 13.5. The molecule has 0 spiro atoms. The highest BCUT2D eigenvalue weighted by Gasteiger charge is 2.11. The van der Waals surface area contributed by atoms with Gasteiger partial charge in [-0.3, -0.25) is 4.99 Å². The molecule has 8 heteroatoms. The van der Waals surface area contributed by atoms with Crippen molar-refractivity contribution < 1.29 is 13.6 Å². The van der Waals surface area contributed by atoms with Gasteiger partial charge in [0.15, 0.2) is 0 Å². The number of halogens is 3. The van der Waals surface area contributed by atoms with Crippen molar-refractivity contribution in [1.29, 1.82) is 0 Å². The quantitative estimate of drug-likeness (QED) is 0.792. The standard InChI is InChI=1S/C16H14F2N4O.ClH/c17-11-4-5-14(13(18)9-11)22-16(23)21-12-3-1-2-10(8-12)15-19-6-7-20-15;/h1-5,8-9H,6-7H2,(H,19,20)(H2,21,22,23);1H. The number of amides is 2. The summed E-state index contributed by atoms with van der Waals surface area (Å²) >= 11 is 0. The number of hydrogen-bond donors (Lipinski definition) is 3. The van der Waals surface area contributed by atoms with Crippen LogP contribution in [0.5, 0.6) is 0 Å². The Hall–Kier alpha value is -2.67. The third kappa shape index (κ3) is 4.20. The first-order valence-electron chi connectivity index (χ1n) is 7.03. The molecule has 0 atom stereocenters. The third-order valence-corrected chi connectivity index (χ3v) is 3.25. The Morgan fingerprint density at radius 2 is 1.96 bits per heavy atom. The summed E-state index contributed by atoms with van der Waals surface area (Å²) in [6.07, 6.45) is 0. The van der Waals surface area contributed by atoms with Crippen molar-refractivity contribution in [2.75, 3.05) is 23.7 Å². The number of rotatable bonds is 3. The minimum absolute atomic E-state index is 0. The molecule has 2 aromatic carbocycles. The molecule has 0 aromatic heterocycles. The lowest BCUT2D eigenvalue weighted by molar-refractivity contribution is 0.262. The van der Waals surface area contributed by atoms with Crippen LogP contribution in [0.2, 0.25) is 0 Å². The molecule has 24 heavy (non-hydrogen) atoms. The average Bonchev–Trinajstić information content (AvgIpc) is 3.05. The van der Waals surface area contributed by atoms with E-state index < -0.39 is 17.7 Å². The van der Waals surface area contributed by atoms with E-state index in [1.165, 1.54) is 0 Å². The van der Waals surface area contributed by atoms with Gasteiger partial charge in [-0.15, -0.1) is 12.4 Å². The van der Waals surface area contributed by atoms with Gasteiger partial charge in [-0.2, -0.15) is 0 Å². The first kappa shape index (κ1) is 17.7. The van der Waals surface area contributed by atoms with Crippen LogP contribution >= 0.6 is 12.4 Å². The number of nitrogens with zero attached hydrogens (tertiary/aromatic N) is 1. The van der Waals surface area contributed by atoms with Gasteiger partial charge < -0.3 is 16.0 Å². The number of aliphatic imine (C=N–C) groups is 1. The van der Waals surface area contributed by atoms with Crippen LogP contribution in [-0.2, 0) is 0 Å². The lowest BCUT2D eigenvalue weighted by Crippen LogP contribution is -2.22. The van der Waals surface area contributed by atoms with E-state index in [0.717, 1.165) is 36.6 Å². The topological polar surface area (TPSA) is 65.5 Å². The molecule has 0 unspecified atom stereocenters. The summed E-state index contributed by atoms with van der Waals surface area (Å²) in [4.78, 5) is 16.2. The predicted molar refractivity (Wildman–Crippen MR) is 92.1 cm³/mol. The summed E-state index contributed by atoms with van der Waals surface area (Å²) < 4.78 is 26.4. The zero-order chi connectivity index (χ0) is 16.2. The lowest BCUT2D eigenvalue weighted by atomic mass is 10.2. The Bertz CT molecular complexity index is 782. The van der Waals surface area contributed by atoms with Crippen LogP contribution in [0.4, 0.5) is 25.0 Å². The van der Waals surface area contributed by atoms with Crippen molar-refractivity contribution >= 4 is 35.6 Å². The number of hydrogen-bond acceptors (Lipinski definition) is 3. The van der Waals surface area contributed by atoms with Crippen molar-refractivity contribution in [2.45, 2.75) is 0 Å². The van der Waals surface area contributed by atoms with Crippen LogP contribution in [0.3, 0.4) is 0 Å². The van der Waals surface area contributed by atoms with Crippen molar-refractivity contribution in [3.8, 4) is 0 Å². The molecule has 0 fully saturated rings. The second kappa shape index (κ2) is 7.74. The maximum absolute atomic E-state index is 13.5. The normalized spacial score (nSPS) is 12.7. The van der Waals surface area contributed by atoms with Gasteiger partial charge in [-0.05, 0) is 24.3 Å². The lowest BCUT2D eigenvalue weighted by Gasteiger charge is -2.10. The predicted octanol–water partition coefficient (Wildman–Crippen LogP) is 3.38. The van der Waals surface area contributed by atoms with E-state index in [1.54, 1.807) is 18.2 Å². The number of benzene rings is 2. The van der Waals surface area contributed by atoms with E-state index in [0.29, 0.717) is 11.8 Å². The molecule has 2 aromatic rings. The summed E-state index contributed by atoms with van der Waals surface area (Å²) in [7, 11) is 0. The zero-order valence-electron chi connectivity index (χ0n) is 12.5. The Morgan fingerprint density at radius 1 is 1.12 bits per heavy atom. The molecule has 0 saturated heterocycles. The first-order valence-corrected chi connectivity index (χ1v) is 7.03. The second-order valence-corrected chi connectivity index (χ2v) is 4.94. The molecular formula is C16H15ClF2N4O. The summed E-state index contributed by atoms with van der Waals surface area (Å²) in [5.74, 6) is -0.761. The van der Waals surface area contributed by atoms with E-state index in [-0.39, 0.29) is 18.1 Å². The Kier molecular flexibility index (Phi) is 5.70. The highest BCUT2D eigenvalue weighted by atomic mass is 35.5. The molecule has 0 aliphatic carbocycles. The van der Waals surface area contributed by atoms with Crippen LogP contribution in [-0.4, -0.2) is 25.0 Å².